The minimum absolute atomic E-state index is 0.162. The van der Waals surface area contributed by atoms with Crippen LogP contribution < -0.4 is 10.5 Å². The Morgan fingerprint density at radius 1 is 1.19 bits per heavy atom. The number of nitrogens with zero attached hydrogens (tertiary/aromatic N) is 1. The third kappa shape index (κ3) is 7.34. The number of hydrogen-bond donors (Lipinski definition) is 1. The van der Waals surface area contributed by atoms with E-state index in [1.807, 2.05) is 7.05 Å². The van der Waals surface area contributed by atoms with Crippen molar-refractivity contribution < 1.29 is 17.9 Å². The first kappa shape index (κ1) is 17.8. The molecular weight excluding hydrogens is 281 g/mol. The van der Waals surface area contributed by atoms with Gasteiger partial charge in [-0.15, -0.1) is 13.2 Å². The normalized spacial score (nSPS) is 13.8. The van der Waals surface area contributed by atoms with E-state index in [0.29, 0.717) is 12.5 Å². The highest BCUT2D eigenvalue weighted by Gasteiger charge is 2.30. The smallest absolute Gasteiger partial charge is 0.406 e. The van der Waals surface area contributed by atoms with Crippen molar-refractivity contribution >= 4 is 0 Å². The molecule has 0 radical (unpaired) electrons. The summed E-state index contributed by atoms with van der Waals surface area (Å²) in [5.41, 5.74) is 6.92. The summed E-state index contributed by atoms with van der Waals surface area (Å²) in [6.07, 6.45) is -3.76. The first-order valence-corrected chi connectivity index (χ1v) is 6.96. The summed E-state index contributed by atoms with van der Waals surface area (Å²) in [5.74, 6) is 0.243. The monoisotopic (exact) mass is 304 g/mol. The second-order valence-electron chi connectivity index (χ2n) is 5.63. The highest BCUT2D eigenvalue weighted by Crippen LogP contribution is 2.23. The molecular formula is C15H23F3N2O. The van der Waals surface area contributed by atoms with Crippen LogP contribution in [0.2, 0.25) is 0 Å². The highest BCUT2D eigenvalue weighted by atomic mass is 19.4. The van der Waals surface area contributed by atoms with E-state index in [-0.39, 0.29) is 11.8 Å². The third-order valence-electron chi connectivity index (χ3n) is 3.31. The Labute approximate surface area is 123 Å². The van der Waals surface area contributed by atoms with Crippen LogP contribution in [0.1, 0.15) is 25.8 Å². The molecule has 1 aromatic carbocycles. The Morgan fingerprint density at radius 3 is 2.24 bits per heavy atom. The van der Waals surface area contributed by atoms with Gasteiger partial charge in [0.15, 0.2) is 0 Å². The molecule has 120 valence electrons. The summed E-state index contributed by atoms with van der Waals surface area (Å²) in [5, 5.41) is 0. The summed E-state index contributed by atoms with van der Waals surface area (Å²) in [6, 6.07) is 6.10. The number of hydrogen-bond acceptors (Lipinski definition) is 3. The maximum absolute atomic E-state index is 12.1. The van der Waals surface area contributed by atoms with Crippen molar-refractivity contribution in [3.05, 3.63) is 29.8 Å². The molecule has 0 amide bonds. The van der Waals surface area contributed by atoms with Crippen LogP contribution >= 0.6 is 0 Å². The van der Waals surface area contributed by atoms with Gasteiger partial charge in [0.1, 0.15) is 5.75 Å². The molecule has 1 unspecified atom stereocenters. The molecule has 0 aromatic heterocycles. The molecule has 0 aliphatic heterocycles. The fraction of sp³-hybridized carbons (Fsp3) is 0.600. The molecule has 0 saturated carbocycles. The molecule has 0 aliphatic carbocycles. The van der Waals surface area contributed by atoms with Gasteiger partial charge in [0.2, 0.25) is 0 Å². The lowest BCUT2D eigenvalue weighted by molar-refractivity contribution is -0.274. The number of alkyl halides is 3. The minimum Gasteiger partial charge on any atom is -0.406 e. The Kier molecular flexibility index (Phi) is 6.48. The fourth-order valence-electron chi connectivity index (χ4n) is 1.89. The summed E-state index contributed by atoms with van der Waals surface area (Å²) in [6.45, 7) is 5.69. The molecule has 1 aromatic rings. The minimum atomic E-state index is -4.65. The maximum Gasteiger partial charge on any atom is 0.573 e. The Morgan fingerprint density at radius 2 is 1.76 bits per heavy atom. The van der Waals surface area contributed by atoms with E-state index < -0.39 is 6.36 Å². The van der Waals surface area contributed by atoms with Crippen LogP contribution in [0.5, 0.6) is 5.75 Å². The molecule has 0 heterocycles. The van der Waals surface area contributed by atoms with Crippen molar-refractivity contribution in [1.29, 1.82) is 0 Å². The van der Waals surface area contributed by atoms with Crippen molar-refractivity contribution in [3.63, 3.8) is 0 Å². The van der Waals surface area contributed by atoms with Gasteiger partial charge in [0.25, 0.3) is 0 Å². The molecule has 1 atom stereocenters. The molecule has 21 heavy (non-hydrogen) atoms. The van der Waals surface area contributed by atoms with E-state index in [1.54, 1.807) is 12.1 Å². The lowest BCUT2D eigenvalue weighted by Crippen LogP contribution is -2.31. The molecule has 0 bridgehead atoms. The Balaban J connectivity index is 2.44. The van der Waals surface area contributed by atoms with Gasteiger partial charge in [0, 0.05) is 12.6 Å². The van der Waals surface area contributed by atoms with E-state index in [2.05, 4.69) is 23.5 Å². The van der Waals surface area contributed by atoms with E-state index in [0.717, 1.165) is 18.5 Å². The van der Waals surface area contributed by atoms with Crippen LogP contribution in [0.15, 0.2) is 24.3 Å². The van der Waals surface area contributed by atoms with Crippen molar-refractivity contribution in [2.45, 2.75) is 39.2 Å². The van der Waals surface area contributed by atoms with Gasteiger partial charge in [0.05, 0.1) is 0 Å². The van der Waals surface area contributed by atoms with Crippen LogP contribution in [0.4, 0.5) is 13.2 Å². The van der Waals surface area contributed by atoms with Crippen LogP contribution in [0, 0.1) is 5.92 Å². The van der Waals surface area contributed by atoms with Crippen molar-refractivity contribution in [2.24, 2.45) is 11.7 Å². The van der Waals surface area contributed by atoms with Crippen LogP contribution in [-0.4, -0.2) is 30.9 Å². The third-order valence-corrected chi connectivity index (χ3v) is 3.31. The molecule has 1 rings (SSSR count). The number of ether oxygens (including phenoxy) is 1. The van der Waals surface area contributed by atoms with Gasteiger partial charge in [-0.25, -0.2) is 0 Å². The van der Waals surface area contributed by atoms with Gasteiger partial charge in [-0.2, -0.15) is 0 Å². The van der Waals surface area contributed by atoms with Gasteiger partial charge < -0.3 is 15.4 Å². The number of nitrogens with two attached hydrogens (primary N) is 1. The van der Waals surface area contributed by atoms with Crippen LogP contribution in [0.25, 0.3) is 0 Å². The largest absolute Gasteiger partial charge is 0.573 e. The lowest BCUT2D eigenvalue weighted by atomic mass is 10.0. The first-order chi connectivity index (χ1) is 9.67. The second kappa shape index (κ2) is 7.66. The predicted molar refractivity (Wildman–Crippen MR) is 76.9 cm³/mol. The summed E-state index contributed by atoms with van der Waals surface area (Å²) < 4.78 is 40.0. The van der Waals surface area contributed by atoms with Gasteiger partial charge in [-0.1, -0.05) is 26.0 Å². The molecule has 6 heteroatoms. The Hall–Kier alpha value is -1.27. The van der Waals surface area contributed by atoms with Gasteiger partial charge >= 0.3 is 6.36 Å². The fourth-order valence-corrected chi connectivity index (χ4v) is 1.89. The quantitative estimate of drug-likeness (QED) is 0.839. The first-order valence-electron chi connectivity index (χ1n) is 6.96. The topological polar surface area (TPSA) is 38.5 Å². The lowest BCUT2D eigenvalue weighted by Gasteiger charge is -2.21. The molecule has 0 aliphatic rings. The number of rotatable bonds is 7. The van der Waals surface area contributed by atoms with Gasteiger partial charge in [-0.3, -0.25) is 0 Å². The van der Waals surface area contributed by atoms with Crippen LogP contribution in [-0.2, 0) is 6.54 Å². The zero-order chi connectivity index (χ0) is 16.0. The molecule has 0 spiro atoms. The zero-order valence-electron chi connectivity index (χ0n) is 12.7. The number of halogens is 3. The standard InChI is InChI=1S/C15H23F3N2O/c1-11(2)14(19)8-9-20(3)10-12-4-6-13(7-5-12)21-15(16,17)18/h4-7,11,14H,8-10,19H2,1-3H3. The van der Waals surface area contributed by atoms with E-state index >= 15 is 0 Å². The SMILES string of the molecule is CC(C)C(N)CCN(C)Cc1ccc(OC(F)(F)F)cc1. The van der Waals surface area contributed by atoms with Crippen molar-refractivity contribution in [1.82, 2.24) is 4.90 Å². The zero-order valence-corrected chi connectivity index (χ0v) is 12.7. The van der Waals surface area contributed by atoms with E-state index in [1.165, 1.54) is 12.1 Å². The Bertz CT molecular complexity index is 418. The molecule has 3 nitrogen and oxygen atoms in total. The van der Waals surface area contributed by atoms with E-state index in [9.17, 15) is 13.2 Å². The highest BCUT2D eigenvalue weighted by molar-refractivity contribution is 5.27. The van der Waals surface area contributed by atoms with Crippen molar-refractivity contribution in [2.75, 3.05) is 13.6 Å². The van der Waals surface area contributed by atoms with Gasteiger partial charge in [-0.05, 0) is 43.6 Å². The van der Waals surface area contributed by atoms with Crippen LogP contribution in [0.3, 0.4) is 0 Å². The average molecular weight is 304 g/mol. The average Bonchev–Trinajstić information content (AvgIpc) is 2.36. The van der Waals surface area contributed by atoms with E-state index in [4.69, 9.17) is 5.73 Å². The summed E-state index contributed by atoms with van der Waals surface area (Å²) >= 11 is 0. The van der Waals surface area contributed by atoms with Crippen molar-refractivity contribution in [3.8, 4) is 5.75 Å². The number of benzene rings is 1. The summed E-state index contributed by atoms with van der Waals surface area (Å²) in [4.78, 5) is 2.10. The maximum atomic E-state index is 12.1. The summed E-state index contributed by atoms with van der Waals surface area (Å²) in [7, 11) is 1.97. The molecule has 0 saturated heterocycles. The molecule has 2 N–H and O–H groups in total. The second-order valence-corrected chi connectivity index (χ2v) is 5.63. The molecule has 0 fully saturated rings. The predicted octanol–water partition coefficient (Wildman–Crippen LogP) is 3.39.